The summed E-state index contributed by atoms with van der Waals surface area (Å²) in [5.41, 5.74) is 0. The second-order valence-electron chi connectivity index (χ2n) is 8.78. The number of quaternary nitrogens is 1. The van der Waals surface area contributed by atoms with Gasteiger partial charge in [0.2, 0.25) is 0 Å². The van der Waals surface area contributed by atoms with Crippen LogP contribution in [0.15, 0.2) is 0 Å². The Kier molecular flexibility index (Phi) is 22.0. The molecule has 0 aromatic heterocycles. The third-order valence-corrected chi connectivity index (χ3v) is 5.23. The first-order valence-electron chi connectivity index (χ1n) is 11.7. The van der Waals surface area contributed by atoms with Crippen LogP contribution >= 0.6 is 7.82 Å². The fourth-order valence-corrected chi connectivity index (χ4v) is 3.46. The third kappa shape index (κ3) is 33.6. The lowest BCUT2D eigenvalue weighted by molar-refractivity contribution is -0.890. The predicted molar refractivity (Wildman–Crippen MR) is 117 cm³/mol. The van der Waals surface area contributed by atoms with Gasteiger partial charge in [-0.1, -0.05) is 90.9 Å². The van der Waals surface area contributed by atoms with E-state index in [1.165, 1.54) is 120 Å². The smallest absolute Gasteiger partial charge is 0.822 e. The fourth-order valence-electron chi connectivity index (χ4n) is 3.46. The number of phosphoric acid groups is 1. The molecule has 0 saturated carbocycles. The lowest BCUT2D eigenvalue weighted by Crippen LogP contribution is -2.41. The molecule has 0 aromatic rings. The van der Waals surface area contributed by atoms with Gasteiger partial charge in [0.25, 0.3) is 0 Å². The molecule has 172 valence electrons. The largest absolute Gasteiger partial charge is 1.00 e. The van der Waals surface area contributed by atoms with Crippen LogP contribution in [0.3, 0.4) is 0 Å². The van der Waals surface area contributed by atoms with Crippen molar-refractivity contribution in [1.29, 1.82) is 0 Å². The quantitative estimate of drug-likeness (QED) is 0.181. The van der Waals surface area contributed by atoms with Crippen LogP contribution in [0.2, 0.25) is 0 Å². The summed E-state index contributed by atoms with van der Waals surface area (Å²) in [4.78, 5) is 25.6. The van der Waals surface area contributed by atoms with Crippen LogP contribution in [0.1, 0.15) is 119 Å². The van der Waals surface area contributed by atoms with Gasteiger partial charge in [-0.25, -0.2) is 0 Å². The molecule has 5 nitrogen and oxygen atoms in total. The summed E-state index contributed by atoms with van der Waals surface area (Å²) in [7, 11) is -0.528. The van der Waals surface area contributed by atoms with Crippen LogP contribution in [0.4, 0.5) is 0 Å². The highest BCUT2D eigenvalue weighted by Gasteiger charge is 2.13. The molecule has 0 atom stereocenters. The zero-order valence-electron chi connectivity index (χ0n) is 21.3. The SMILES string of the molecule is CCCCCCCCCCCC[N+](C)(C)CCCCCCCC.O=P([O-])([O-])[O-].[H+].[H+]. The van der Waals surface area contributed by atoms with E-state index in [0.717, 1.165) is 0 Å². The van der Waals surface area contributed by atoms with E-state index in [-0.39, 0.29) is 2.85 Å². The summed E-state index contributed by atoms with van der Waals surface area (Å²) < 4.78 is 9.79. The minimum atomic E-state index is -5.39. The summed E-state index contributed by atoms with van der Waals surface area (Å²) in [5.74, 6) is 0. The molecular weight excluding hydrogens is 373 g/mol. The van der Waals surface area contributed by atoms with Gasteiger partial charge in [-0.15, -0.1) is 0 Å². The Balaban J connectivity index is -0.000000429. The van der Waals surface area contributed by atoms with Gasteiger partial charge in [0.1, 0.15) is 0 Å². The van der Waals surface area contributed by atoms with Crippen molar-refractivity contribution in [1.82, 2.24) is 0 Å². The van der Waals surface area contributed by atoms with Crippen LogP contribution in [-0.4, -0.2) is 31.7 Å². The lowest BCUT2D eigenvalue weighted by atomic mass is 10.1. The van der Waals surface area contributed by atoms with Gasteiger partial charge in [0.05, 0.1) is 27.2 Å². The molecule has 0 heterocycles. The minimum absolute atomic E-state index is 0. The maximum atomic E-state index is 8.55. The molecule has 0 unspecified atom stereocenters. The van der Waals surface area contributed by atoms with Gasteiger partial charge >= 0.3 is 2.85 Å². The molecule has 0 spiro atoms. The normalized spacial score (nSPS) is 12.0. The highest BCUT2D eigenvalue weighted by atomic mass is 31.2. The summed E-state index contributed by atoms with van der Waals surface area (Å²) in [6.07, 6.45) is 23.0. The molecule has 0 radical (unpaired) electrons. The number of hydrogen-bond acceptors (Lipinski definition) is 4. The van der Waals surface area contributed by atoms with E-state index < -0.39 is 7.82 Å². The Labute approximate surface area is 178 Å². The van der Waals surface area contributed by atoms with Crippen LogP contribution < -0.4 is 14.7 Å². The predicted octanol–water partition coefficient (Wildman–Crippen LogP) is 4.74. The van der Waals surface area contributed by atoms with Gasteiger partial charge in [-0.3, -0.25) is 0 Å². The number of nitrogens with zero attached hydrogens (tertiary/aromatic N) is 1. The van der Waals surface area contributed by atoms with E-state index in [2.05, 4.69) is 27.9 Å². The van der Waals surface area contributed by atoms with Gasteiger partial charge in [0.15, 0.2) is 0 Å². The van der Waals surface area contributed by atoms with Crippen molar-refractivity contribution in [2.24, 2.45) is 0 Å². The summed E-state index contributed by atoms with van der Waals surface area (Å²) >= 11 is 0. The molecule has 0 aliphatic carbocycles. The Hall–Kier alpha value is 0.0700. The van der Waals surface area contributed by atoms with Gasteiger partial charge in [-0.05, 0) is 25.7 Å². The summed E-state index contributed by atoms with van der Waals surface area (Å²) in [5, 5.41) is 0. The van der Waals surface area contributed by atoms with Crippen molar-refractivity contribution in [3.05, 3.63) is 0 Å². The van der Waals surface area contributed by atoms with Crippen molar-refractivity contribution >= 4 is 7.82 Å². The van der Waals surface area contributed by atoms with E-state index in [0.29, 0.717) is 0 Å². The average molecular weight is 424 g/mol. The third-order valence-electron chi connectivity index (χ3n) is 5.23. The topological polar surface area (TPSA) is 86.2 Å². The standard InChI is InChI=1S/C22H48N.H3O4P/c1-5-7-9-11-13-14-15-16-18-20-22-23(3,4)21-19-17-12-10-8-6-2;1-5(2,3)4/h5-22H2,1-4H3;(H3,1,2,3,4)/q+1;/p-1. The number of hydrogen-bond donors (Lipinski definition) is 0. The Bertz CT molecular complexity index is 361. The van der Waals surface area contributed by atoms with Gasteiger partial charge in [-0.2, -0.15) is 7.82 Å². The molecule has 28 heavy (non-hydrogen) atoms. The first-order valence-corrected chi connectivity index (χ1v) is 13.1. The molecule has 0 rings (SSSR count). The Morgan fingerprint density at radius 3 is 1.04 bits per heavy atom. The lowest BCUT2D eigenvalue weighted by Gasteiger charge is -2.36. The van der Waals surface area contributed by atoms with Crippen molar-refractivity contribution in [2.45, 2.75) is 117 Å². The maximum Gasteiger partial charge on any atom is 1.00 e. The molecule has 0 saturated heterocycles. The molecule has 0 aliphatic heterocycles. The molecule has 6 heteroatoms. The van der Waals surface area contributed by atoms with E-state index in [1.807, 2.05) is 0 Å². The highest BCUT2D eigenvalue weighted by Crippen LogP contribution is 2.13. The van der Waals surface area contributed by atoms with Crippen LogP contribution in [0.25, 0.3) is 0 Å². The molecule has 0 fully saturated rings. The highest BCUT2D eigenvalue weighted by molar-refractivity contribution is 7.40. The average Bonchev–Trinajstić information content (AvgIpc) is 2.58. The molecule has 0 bridgehead atoms. The minimum Gasteiger partial charge on any atom is -0.822 e. The van der Waals surface area contributed by atoms with E-state index in [1.54, 1.807) is 0 Å². The van der Waals surface area contributed by atoms with Gasteiger partial charge in [0, 0.05) is 0 Å². The van der Waals surface area contributed by atoms with Crippen molar-refractivity contribution in [3.8, 4) is 0 Å². The Morgan fingerprint density at radius 1 is 0.571 bits per heavy atom. The van der Waals surface area contributed by atoms with Crippen LogP contribution in [0.5, 0.6) is 0 Å². The van der Waals surface area contributed by atoms with Gasteiger partial charge < -0.3 is 23.7 Å². The molecule has 0 aromatic carbocycles. The summed E-state index contributed by atoms with van der Waals surface area (Å²) in [6.45, 7) is 7.36. The zero-order valence-corrected chi connectivity index (χ0v) is 20.1. The van der Waals surface area contributed by atoms with Crippen LogP contribution in [0, 0.1) is 0 Å². The van der Waals surface area contributed by atoms with E-state index >= 15 is 0 Å². The number of unbranched alkanes of at least 4 members (excludes halogenated alkanes) is 14. The van der Waals surface area contributed by atoms with Crippen LogP contribution in [-0.2, 0) is 4.57 Å². The maximum absolute atomic E-state index is 8.55. The first-order chi connectivity index (χ1) is 13.1. The second-order valence-corrected chi connectivity index (χ2v) is 9.67. The Morgan fingerprint density at radius 2 is 0.786 bits per heavy atom. The zero-order chi connectivity index (χ0) is 21.7. The van der Waals surface area contributed by atoms with Crippen molar-refractivity contribution in [3.63, 3.8) is 0 Å². The van der Waals surface area contributed by atoms with E-state index in [9.17, 15) is 0 Å². The number of rotatable bonds is 18. The molecular formula is C22H50NO4P. The fraction of sp³-hybridized carbons (Fsp3) is 1.00. The monoisotopic (exact) mass is 423 g/mol. The first kappa shape index (κ1) is 30.3. The molecule has 0 N–H and O–H groups in total. The summed E-state index contributed by atoms with van der Waals surface area (Å²) in [6, 6.07) is 0. The molecule has 0 aliphatic rings. The molecule has 0 amide bonds. The van der Waals surface area contributed by atoms with E-state index in [4.69, 9.17) is 19.2 Å². The second kappa shape index (κ2) is 20.3. The van der Waals surface area contributed by atoms with Crippen molar-refractivity contribution < 1.29 is 26.6 Å². The van der Waals surface area contributed by atoms with Crippen molar-refractivity contribution in [2.75, 3.05) is 27.2 Å².